The molecule has 2 heteroatoms. The zero-order valence-electron chi connectivity index (χ0n) is 11.7. The highest BCUT2D eigenvalue weighted by atomic mass is 14.7. The Morgan fingerprint density at radius 2 is 1.57 bits per heavy atom. The Morgan fingerprint density at radius 3 is 2.33 bits per heavy atom. The molecule has 1 aromatic heterocycles. The van der Waals surface area contributed by atoms with Gasteiger partial charge in [0.2, 0.25) is 0 Å². The van der Waals surface area contributed by atoms with E-state index in [0.29, 0.717) is 5.56 Å². The van der Waals surface area contributed by atoms with E-state index in [1.807, 2.05) is 55.5 Å². The lowest BCUT2D eigenvalue weighted by molar-refractivity contribution is 1.21. The van der Waals surface area contributed by atoms with Gasteiger partial charge < -0.3 is 0 Å². The quantitative estimate of drug-likeness (QED) is 0.682. The first-order valence-corrected chi connectivity index (χ1v) is 6.81. The Hall–Kier alpha value is -2.92. The lowest BCUT2D eigenvalue weighted by atomic mass is 10.0. The highest BCUT2D eigenvalue weighted by molar-refractivity contribution is 5.71. The van der Waals surface area contributed by atoms with Crippen LogP contribution in [0.4, 0.5) is 0 Å². The SMILES string of the molecule is Cc1cc(-c2cccc(C#N)c2)cc(-c2ccccc2)n1. The molecule has 0 amide bonds. The summed E-state index contributed by atoms with van der Waals surface area (Å²) in [7, 11) is 0. The summed E-state index contributed by atoms with van der Waals surface area (Å²) in [5.74, 6) is 0. The predicted octanol–water partition coefficient (Wildman–Crippen LogP) is 4.60. The highest BCUT2D eigenvalue weighted by Gasteiger charge is 2.05. The fourth-order valence-corrected chi connectivity index (χ4v) is 2.36. The maximum Gasteiger partial charge on any atom is 0.0991 e. The van der Waals surface area contributed by atoms with Gasteiger partial charge in [-0.2, -0.15) is 5.26 Å². The van der Waals surface area contributed by atoms with Crippen LogP contribution in [0, 0.1) is 18.3 Å². The average Bonchev–Trinajstić information content (AvgIpc) is 2.55. The van der Waals surface area contributed by atoms with Crippen molar-refractivity contribution in [3.63, 3.8) is 0 Å². The maximum atomic E-state index is 9.03. The van der Waals surface area contributed by atoms with Crippen molar-refractivity contribution in [2.24, 2.45) is 0 Å². The van der Waals surface area contributed by atoms with E-state index in [2.05, 4.69) is 29.3 Å². The topological polar surface area (TPSA) is 36.7 Å². The van der Waals surface area contributed by atoms with Crippen LogP contribution in [-0.2, 0) is 0 Å². The molecule has 0 atom stereocenters. The van der Waals surface area contributed by atoms with Gasteiger partial charge in [-0.15, -0.1) is 0 Å². The molecule has 0 saturated carbocycles. The van der Waals surface area contributed by atoms with Gasteiger partial charge in [0, 0.05) is 11.3 Å². The second kappa shape index (κ2) is 5.60. The molecule has 0 spiro atoms. The van der Waals surface area contributed by atoms with Gasteiger partial charge in [-0.05, 0) is 42.3 Å². The van der Waals surface area contributed by atoms with Gasteiger partial charge in [-0.25, -0.2) is 0 Å². The summed E-state index contributed by atoms with van der Waals surface area (Å²) in [6.45, 7) is 1.99. The van der Waals surface area contributed by atoms with E-state index in [0.717, 1.165) is 28.1 Å². The lowest BCUT2D eigenvalue weighted by Crippen LogP contribution is -1.90. The summed E-state index contributed by atoms with van der Waals surface area (Å²) in [5.41, 5.74) is 5.80. The lowest BCUT2D eigenvalue weighted by Gasteiger charge is -2.08. The number of pyridine rings is 1. The third-order valence-electron chi connectivity index (χ3n) is 3.35. The van der Waals surface area contributed by atoms with Crippen LogP contribution >= 0.6 is 0 Å². The first-order chi connectivity index (χ1) is 10.3. The molecule has 0 N–H and O–H groups in total. The van der Waals surface area contributed by atoms with E-state index < -0.39 is 0 Å². The van der Waals surface area contributed by atoms with Gasteiger partial charge in [0.25, 0.3) is 0 Å². The number of rotatable bonds is 2. The Balaban J connectivity index is 2.12. The van der Waals surface area contributed by atoms with Crippen LogP contribution in [0.2, 0.25) is 0 Å². The summed E-state index contributed by atoms with van der Waals surface area (Å²) in [6.07, 6.45) is 0. The maximum absolute atomic E-state index is 9.03. The van der Waals surface area contributed by atoms with Crippen LogP contribution in [0.25, 0.3) is 22.4 Å². The van der Waals surface area contributed by atoms with Crippen molar-refractivity contribution < 1.29 is 0 Å². The smallest absolute Gasteiger partial charge is 0.0991 e. The Morgan fingerprint density at radius 1 is 0.810 bits per heavy atom. The van der Waals surface area contributed by atoms with E-state index in [1.54, 1.807) is 0 Å². The average molecular weight is 270 g/mol. The molecule has 0 fully saturated rings. The zero-order valence-corrected chi connectivity index (χ0v) is 11.7. The van der Waals surface area contributed by atoms with Crippen molar-refractivity contribution in [2.45, 2.75) is 6.92 Å². The first kappa shape index (κ1) is 13.1. The van der Waals surface area contributed by atoms with Crippen molar-refractivity contribution in [3.8, 4) is 28.5 Å². The van der Waals surface area contributed by atoms with E-state index >= 15 is 0 Å². The van der Waals surface area contributed by atoms with E-state index in [9.17, 15) is 0 Å². The summed E-state index contributed by atoms with van der Waals surface area (Å²) >= 11 is 0. The third-order valence-corrected chi connectivity index (χ3v) is 3.35. The van der Waals surface area contributed by atoms with Crippen LogP contribution in [-0.4, -0.2) is 4.98 Å². The van der Waals surface area contributed by atoms with Crippen molar-refractivity contribution >= 4 is 0 Å². The normalized spacial score (nSPS) is 10.1. The van der Waals surface area contributed by atoms with Gasteiger partial charge >= 0.3 is 0 Å². The Labute approximate surface area is 124 Å². The summed E-state index contributed by atoms with van der Waals surface area (Å²) in [6, 6.07) is 24.1. The molecule has 3 rings (SSSR count). The second-order valence-electron chi connectivity index (χ2n) is 4.94. The number of hydrogen-bond acceptors (Lipinski definition) is 2. The summed E-state index contributed by atoms with van der Waals surface area (Å²) in [4.78, 5) is 4.61. The minimum Gasteiger partial charge on any atom is -0.253 e. The molecule has 2 aromatic carbocycles. The van der Waals surface area contributed by atoms with Crippen molar-refractivity contribution in [1.29, 1.82) is 5.26 Å². The van der Waals surface area contributed by atoms with Crippen molar-refractivity contribution in [1.82, 2.24) is 4.98 Å². The van der Waals surface area contributed by atoms with E-state index in [4.69, 9.17) is 5.26 Å². The zero-order chi connectivity index (χ0) is 14.7. The largest absolute Gasteiger partial charge is 0.253 e. The fourth-order valence-electron chi connectivity index (χ4n) is 2.36. The van der Waals surface area contributed by atoms with Crippen LogP contribution < -0.4 is 0 Å². The minimum atomic E-state index is 0.670. The van der Waals surface area contributed by atoms with Crippen molar-refractivity contribution in [3.05, 3.63) is 78.0 Å². The second-order valence-corrected chi connectivity index (χ2v) is 4.94. The molecule has 0 aliphatic rings. The monoisotopic (exact) mass is 270 g/mol. The summed E-state index contributed by atoms with van der Waals surface area (Å²) < 4.78 is 0. The number of hydrogen-bond donors (Lipinski definition) is 0. The van der Waals surface area contributed by atoms with Gasteiger partial charge in [0.15, 0.2) is 0 Å². The molecule has 21 heavy (non-hydrogen) atoms. The standard InChI is InChI=1S/C19H14N2/c1-14-10-18(17-9-5-6-15(11-17)13-20)12-19(21-14)16-7-3-2-4-8-16/h2-12H,1H3. The number of aryl methyl sites for hydroxylation is 1. The molecule has 3 aromatic rings. The first-order valence-electron chi connectivity index (χ1n) is 6.81. The van der Waals surface area contributed by atoms with Gasteiger partial charge in [0.1, 0.15) is 0 Å². The number of nitrogens with zero attached hydrogens (tertiary/aromatic N) is 2. The van der Waals surface area contributed by atoms with Gasteiger partial charge in [-0.3, -0.25) is 4.98 Å². The number of aromatic nitrogens is 1. The molecule has 0 radical (unpaired) electrons. The minimum absolute atomic E-state index is 0.670. The molecular weight excluding hydrogens is 256 g/mol. The Kier molecular flexibility index (Phi) is 3.49. The molecular formula is C19H14N2. The van der Waals surface area contributed by atoms with Gasteiger partial charge in [-0.1, -0.05) is 42.5 Å². The van der Waals surface area contributed by atoms with Gasteiger partial charge in [0.05, 0.1) is 17.3 Å². The van der Waals surface area contributed by atoms with E-state index in [-0.39, 0.29) is 0 Å². The Bertz CT molecular complexity index is 814. The molecule has 100 valence electrons. The molecule has 1 heterocycles. The molecule has 0 unspecified atom stereocenters. The summed E-state index contributed by atoms with van der Waals surface area (Å²) in [5, 5.41) is 9.03. The number of benzene rings is 2. The molecule has 0 saturated heterocycles. The molecule has 0 bridgehead atoms. The van der Waals surface area contributed by atoms with Crippen LogP contribution in [0.15, 0.2) is 66.7 Å². The third kappa shape index (κ3) is 2.82. The fraction of sp³-hybridized carbons (Fsp3) is 0.0526. The number of nitriles is 1. The van der Waals surface area contributed by atoms with Crippen LogP contribution in [0.1, 0.15) is 11.3 Å². The predicted molar refractivity (Wildman–Crippen MR) is 84.6 cm³/mol. The molecule has 2 nitrogen and oxygen atoms in total. The van der Waals surface area contributed by atoms with Crippen LogP contribution in [0.3, 0.4) is 0 Å². The molecule has 0 aliphatic heterocycles. The van der Waals surface area contributed by atoms with Crippen LogP contribution in [0.5, 0.6) is 0 Å². The van der Waals surface area contributed by atoms with E-state index in [1.165, 1.54) is 0 Å². The highest BCUT2D eigenvalue weighted by Crippen LogP contribution is 2.26. The molecule has 0 aliphatic carbocycles. The van der Waals surface area contributed by atoms with Crippen molar-refractivity contribution in [2.75, 3.05) is 0 Å².